The summed E-state index contributed by atoms with van der Waals surface area (Å²) >= 11 is 0. The van der Waals surface area contributed by atoms with E-state index < -0.39 is 0 Å². The Morgan fingerprint density at radius 1 is 0.348 bits per heavy atom. The first-order valence-electron chi connectivity index (χ1n) is 22.3. The summed E-state index contributed by atoms with van der Waals surface area (Å²) in [6.07, 6.45) is 3.45. The lowest BCUT2D eigenvalue weighted by Crippen LogP contribution is -3.62. The van der Waals surface area contributed by atoms with Crippen molar-refractivity contribution in [1.29, 1.82) is 0 Å². The van der Waals surface area contributed by atoms with Gasteiger partial charge in [-0.1, -0.05) is 41.5 Å². The Bertz CT molecular complexity index is 2450. The lowest BCUT2D eigenvalue weighted by molar-refractivity contribution is -1.19. The summed E-state index contributed by atoms with van der Waals surface area (Å²) < 4.78 is 0. The van der Waals surface area contributed by atoms with E-state index in [-0.39, 0.29) is 0 Å². The van der Waals surface area contributed by atoms with Gasteiger partial charge in [-0.05, 0) is 228 Å². The zero-order valence-corrected chi connectivity index (χ0v) is 27.8. The highest BCUT2D eigenvalue weighted by Crippen LogP contribution is 3.66. The molecule has 0 radical (unpaired) electrons. The standard InChI is InChI=1S/C46H40/c1-9-15-21-23-17-13-11-7-8-12(11)14-18-24-22-16-10(2)28(4)30(6)29(5)27(9,3)33(15)39(21)37(23)31(17)19(13)25-26-20(14)32(18)36(26)35(25,31)43(37)44(36)38(24,32)40(22)34(16,28)42(30)41(29,33)45(39,43)46(40,42)44/h9-26H,7-8H2,1-6H3. The minimum atomic E-state index is 0.721. The predicted octanol–water partition coefficient (Wildman–Crippen LogP) is 6.07. The van der Waals surface area contributed by atoms with Crippen molar-refractivity contribution < 1.29 is 0 Å². The third-order valence-electron chi connectivity index (χ3n) is 37.1. The maximum atomic E-state index is 3.15. The number of hydrogen-bond donors (Lipinski definition) is 0. The molecule has 224 valence electrons. The van der Waals surface area contributed by atoms with E-state index in [9.17, 15) is 0 Å². The average molecular weight is 593 g/mol. The fourth-order valence-electron chi connectivity index (χ4n) is 44.8. The van der Waals surface area contributed by atoms with Gasteiger partial charge in [0, 0.05) is 0 Å². The highest BCUT2D eigenvalue weighted by atomic mass is 15.7. The van der Waals surface area contributed by atoms with Crippen molar-refractivity contribution in [1.82, 2.24) is 0 Å². The maximum Gasteiger partial charge on any atom is -0.000418 e. The predicted molar refractivity (Wildman–Crippen MR) is 155 cm³/mol. The lowest BCUT2D eigenvalue weighted by atomic mass is 8.39. The first-order chi connectivity index (χ1) is 22.3. The van der Waals surface area contributed by atoms with E-state index in [4.69, 9.17) is 0 Å². The molecular formula is C46H40. The zero-order chi connectivity index (χ0) is 27.8. The van der Waals surface area contributed by atoms with Gasteiger partial charge in [-0.25, -0.2) is 0 Å². The van der Waals surface area contributed by atoms with Gasteiger partial charge in [-0.15, -0.1) is 0 Å². The summed E-state index contributed by atoms with van der Waals surface area (Å²) in [6, 6.07) is 0. The van der Waals surface area contributed by atoms with Crippen LogP contribution in [-0.2, 0) is 0 Å². The Labute approximate surface area is 268 Å². The molecule has 0 N–H and O–H groups in total. The molecule has 27 rings (SSSR count). The normalized spacial score (nSPS) is 127. The Kier molecular flexibility index (Phi) is 1.10. The van der Waals surface area contributed by atoms with Crippen molar-refractivity contribution in [3.63, 3.8) is 0 Å². The fraction of sp³-hybridized carbons (Fsp3) is 1.00. The van der Waals surface area contributed by atoms with E-state index in [0.29, 0.717) is 0 Å². The smallest absolute Gasteiger partial charge is 0.000418 e. The van der Waals surface area contributed by atoms with Gasteiger partial charge in [-0.3, -0.25) is 0 Å². The van der Waals surface area contributed by atoms with Gasteiger partial charge in [0.05, 0.1) is 0 Å². The molecule has 27 fully saturated rings. The summed E-state index contributed by atoms with van der Waals surface area (Å²) in [4.78, 5) is 0. The Hall–Kier alpha value is 0. The van der Waals surface area contributed by atoms with Crippen molar-refractivity contribution >= 4 is 0 Å². The molecular weight excluding hydrogens is 553 g/mol. The molecule has 38 unspecified atom stereocenters. The van der Waals surface area contributed by atoms with Crippen LogP contribution in [-0.4, -0.2) is 0 Å². The van der Waals surface area contributed by atoms with Crippen LogP contribution in [0.25, 0.3) is 0 Å². The number of fused-ring (bicyclic) bond motifs is 14. The van der Waals surface area contributed by atoms with Gasteiger partial charge in [-0.2, -0.15) is 0 Å². The monoisotopic (exact) mass is 592 g/mol. The second-order valence-corrected chi connectivity index (χ2v) is 28.3. The number of hydrogen-bond acceptors (Lipinski definition) is 0. The summed E-state index contributed by atoms with van der Waals surface area (Å²) in [7, 11) is 0. The quantitative estimate of drug-likeness (QED) is 0.320. The molecule has 0 heteroatoms. The second kappa shape index (κ2) is 2.81. The van der Waals surface area contributed by atoms with Crippen LogP contribution in [0, 0.1) is 215 Å². The molecule has 27 saturated carbocycles. The molecule has 0 nitrogen and oxygen atoms in total. The van der Waals surface area contributed by atoms with Crippen LogP contribution in [0.5, 0.6) is 0 Å². The molecule has 46 heavy (non-hydrogen) atoms. The fourth-order valence-corrected chi connectivity index (χ4v) is 44.8. The highest BCUT2D eigenvalue weighted by Gasteiger charge is 3.65. The van der Waals surface area contributed by atoms with Gasteiger partial charge in [0.1, 0.15) is 0 Å². The molecule has 0 amide bonds. The molecule has 0 bridgehead atoms. The number of rotatable bonds is 0. The third-order valence-corrected chi connectivity index (χ3v) is 37.1. The second-order valence-electron chi connectivity index (χ2n) is 28.3. The molecule has 0 aromatic rings. The molecule has 0 aliphatic heterocycles. The van der Waals surface area contributed by atoms with Crippen molar-refractivity contribution in [2.75, 3.05) is 0 Å². The van der Waals surface area contributed by atoms with Crippen LogP contribution in [0.15, 0.2) is 0 Å². The van der Waals surface area contributed by atoms with Crippen LogP contribution in [0.3, 0.4) is 0 Å². The topological polar surface area (TPSA) is 0 Å². The molecule has 38 atom stereocenters. The van der Waals surface area contributed by atoms with Crippen LogP contribution in [0.4, 0.5) is 0 Å². The summed E-state index contributed by atoms with van der Waals surface area (Å²) in [5.74, 6) is 23.2. The molecule has 16 spiro atoms. The molecule has 0 aromatic heterocycles. The third kappa shape index (κ3) is 0.420. The van der Waals surface area contributed by atoms with Gasteiger partial charge < -0.3 is 0 Å². The van der Waals surface area contributed by atoms with E-state index in [1.807, 2.05) is 0 Å². The van der Waals surface area contributed by atoms with E-state index in [1.165, 1.54) is 94.7 Å². The SMILES string of the molecule is CC1C2C3C4C5C6C7CCC7C7C8C9C%10C6C56C%105C9%10C89C7C7C8C%11C(C)C%12(C)C%13(C)C%14(C)C1(C)C21C32C46C53C%104C79C85C%11%12C%136C%141C23C564. The van der Waals surface area contributed by atoms with E-state index >= 15 is 0 Å². The van der Waals surface area contributed by atoms with Crippen molar-refractivity contribution in [3.05, 3.63) is 0 Å². The van der Waals surface area contributed by atoms with E-state index in [0.717, 1.165) is 120 Å². The molecule has 0 aromatic carbocycles. The maximum absolute atomic E-state index is 3.15. The van der Waals surface area contributed by atoms with Crippen LogP contribution in [0.2, 0.25) is 0 Å². The largest absolute Gasteiger partial charge is 0.0616 e. The van der Waals surface area contributed by atoms with Gasteiger partial charge in [0.2, 0.25) is 0 Å². The minimum absolute atomic E-state index is 0.721. The molecule has 0 heterocycles. The van der Waals surface area contributed by atoms with Crippen molar-refractivity contribution in [3.8, 4) is 0 Å². The van der Waals surface area contributed by atoms with Crippen LogP contribution in [0.1, 0.15) is 54.4 Å². The summed E-state index contributed by atoms with van der Waals surface area (Å²) in [5.41, 5.74) is 19.0. The lowest BCUT2D eigenvalue weighted by Gasteiger charge is -3.63. The van der Waals surface area contributed by atoms with E-state index in [1.54, 1.807) is 12.8 Å². The Morgan fingerprint density at radius 2 is 0.696 bits per heavy atom. The summed E-state index contributed by atoms with van der Waals surface area (Å²) in [5, 5.41) is 0. The minimum Gasteiger partial charge on any atom is -0.0616 e. The molecule has 27 aliphatic rings. The molecule has 27 aliphatic carbocycles. The zero-order valence-electron chi connectivity index (χ0n) is 27.8. The molecule has 0 saturated heterocycles. The van der Waals surface area contributed by atoms with Gasteiger partial charge in [0.15, 0.2) is 0 Å². The highest BCUT2D eigenvalue weighted by molar-refractivity contribution is 6.09. The first-order valence-corrected chi connectivity index (χ1v) is 22.3. The van der Waals surface area contributed by atoms with Gasteiger partial charge >= 0.3 is 0 Å². The Balaban J connectivity index is 0.950. The van der Waals surface area contributed by atoms with Gasteiger partial charge in [0.25, 0.3) is 0 Å². The Morgan fingerprint density at radius 3 is 1.07 bits per heavy atom. The van der Waals surface area contributed by atoms with Crippen molar-refractivity contribution in [2.45, 2.75) is 54.4 Å². The summed E-state index contributed by atoms with van der Waals surface area (Å²) in [6.45, 7) is 18.3. The van der Waals surface area contributed by atoms with Crippen LogP contribution < -0.4 is 0 Å². The first kappa shape index (κ1) is 18.0. The van der Waals surface area contributed by atoms with E-state index in [2.05, 4.69) is 41.5 Å². The average Bonchev–Trinajstić information content (AvgIpc) is 2.94. The van der Waals surface area contributed by atoms with Crippen molar-refractivity contribution in [2.24, 2.45) is 215 Å². The van der Waals surface area contributed by atoms with Crippen LogP contribution >= 0.6 is 0 Å².